The Balaban J connectivity index is 1.80. The van der Waals surface area contributed by atoms with Gasteiger partial charge in [-0.25, -0.2) is 0 Å². The third kappa shape index (κ3) is 4.48. The van der Waals surface area contributed by atoms with Crippen LogP contribution in [0.25, 0.3) is 5.69 Å². The normalized spacial score (nSPS) is 16.8. The van der Waals surface area contributed by atoms with Crippen LogP contribution in [0.3, 0.4) is 0 Å². The second-order valence-electron chi connectivity index (χ2n) is 6.72. The van der Waals surface area contributed by atoms with E-state index in [1.807, 2.05) is 6.92 Å². The van der Waals surface area contributed by atoms with Gasteiger partial charge in [0.05, 0.1) is 18.7 Å². The molecule has 1 aromatic heterocycles. The summed E-state index contributed by atoms with van der Waals surface area (Å²) in [5, 5.41) is 7.51. The lowest BCUT2D eigenvalue weighted by molar-refractivity contribution is -0.125. The van der Waals surface area contributed by atoms with E-state index in [-0.39, 0.29) is 17.4 Å². The summed E-state index contributed by atoms with van der Waals surface area (Å²) in [6, 6.07) is 10.4. The van der Waals surface area contributed by atoms with Crippen LogP contribution in [0.5, 0.6) is 5.75 Å². The van der Waals surface area contributed by atoms with Gasteiger partial charge in [0.2, 0.25) is 5.91 Å². The van der Waals surface area contributed by atoms with Crippen LogP contribution in [0.2, 0.25) is 0 Å². The molecule has 1 saturated heterocycles. The molecule has 1 atom stereocenters. The van der Waals surface area contributed by atoms with Gasteiger partial charge in [0.25, 0.3) is 5.56 Å². The summed E-state index contributed by atoms with van der Waals surface area (Å²) in [5.74, 6) is 1.48. The van der Waals surface area contributed by atoms with Gasteiger partial charge < -0.3 is 15.0 Å². The van der Waals surface area contributed by atoms with E-state index in [4.69, 9.17) is 4.74 Å². The van der Waals surface area contributed by atoms with E-state index in [0.717, 1.165) is 31.6 Å². The fourth-order valence-corrected chi connectivity index (χ4v) is 3.27. The largest absolute Gasteiger partial charge is 0.497 e. The van der Waals surface area contributed by atoms with Gasteiger partial charge in [-0.05, 0) is 49.6 Å². The third-order valence-corrected chi connectivity index (χ3v) is 4.77. The molecule has 1 aliphatic rings. The molecule has 1 aliphatic heterocycles. The number of rotatable bonds is 6. The first-order valence-electron chi connectivity index (χ1n) is 9.40. The van der Waals surface area contributed by atoms with Crippen molar-refractivity contribution < 1.29 is 9.53 Å². The molecule has 27 heavy (non-hydrogen) atoms. The molecule has 2 aromatic rings. The molecule has 1 aromatic carbocycles. The molecule has 3 rings (SSSR count). The number of carbonyl (C=O) groups is 1. The van der Waals surface area contributed by atoms with Gasteiger partial charge >= 0.3 is 0 Å². The summed E-state index contributed by atoms with van der Waals surface area (Å²) in [6.45, 7) is 4.18. The van der Waals surface area contributed by atoms with Crippen molar-refractivity contribution in [1.82, 2.24) is 15.1 Å². The molecule has 2 heterocycles. The highest BCUT2D eigenvalue weighted by molar-refractivity contribution is 5.79. The van der Waals surface area contributed by atoms with E-state index in [0.29, 0.717) is 24.6 Å². The quantitative estimate of drug-likeness (QED) is 0.841. The van der Waals surface area contributed by atoms with Crippen molar-refractivity contribution in [2.75, 3.05) is 31.6 Å². The highest BCUT2D eigenvalue weighted by Gasteiger charge is 2.26. The lowest BCUT2D eigenvalue weighted by Crippen LogP contribution is -2.44. The first-order valence-corrected chi connectivity index (χ1v) is 9.40. The predicted octanol–water partition coefficient (Wildman–Crippen LogP) is 1.98. The van der Waals surface area contributed by atoms with E-state index < -0.39 is 0 Å². The zero-order valence-electron chi connectivity index (χ0n) is 15.9. The maximum atomic E-state index is 12.3. The minimum atomic E-state index is -0.196. The zero-order valence-corrected chi connectivity index (χ0v) is 15.9. The van der Waals surface area contributed by atoms with Gasteiger partial charge in [-0.15, -0.1) is 5.10 Å². The van der Waals surface area contributed by atoms with Crippen LogP contribution < -0.4 is 20.5 Å². The molecule has 144 valence electrons. The highest BCUT2D eigenvalue weighted by Crippen LogP contribution is 2.22. The molecule has 7 heteroatoms. The molecule has 7 nitrogen and oxygen atoms in total. The molecule has 1 fully saturated rings. The molecule has 0 radical (unpaired) electrons. The minimum Gasteiger partial charge on any atom is -0.497 e. The van der Waals surface area contributed by atoms with Crippen LogP contribution in [0, 0.1) is 5.92 Å². The second-order valence-corrected chi connectivity index (χ2v) is 6.72. The van der Waals surface area contributed by atoms with Crippen LogP contribution in [0.4, 0.5) is 5.82 Å². The Morgan fingerprint density at radius 3 is 2.74 bits per heavy atom. The molecule has 0 unspecified atom stereocenters. The van der Waals surface area contributed by atoms with Crippen LogP contribution >= 0.6 is 0 Å². The van der Waals surface area contributed by atoms with Crippen LogP contribution in [-0.4, -0.2) is 42.4 Å². The summed E-state index contributed by atoms with van der Waals surface area (Å²) in [4.78, 5) is 26.7. The smallest absolute Gasteiger partial charge is 0.271 e. The zero-order chi connectivity index (χ0) is 19.2. The lowest BCUT2D eigenvalue weighted by atomic mass is 9.97. The number of aromatic nitrogens is 2. The molecule has 1 amide bonds. The van der Waals surface area contributed by atoms with Crippen molar-refractivity contribution in [3.63, 3.8) is 0 Å². The van der Waals surface area contributed by atoms with Crippen LogP contribution in [-0.2, 0) is 4.79 Å². The fourth-order valence-electron chi connectivity index (χ4n) is 3.27. The minimum absolute atomic E-state index is 0.0477. The van der Waals surface area contributed by atoms with Crippen molar-refractivity contribution in [2.24, 2.45) is 5.92 Å². The molecular weight excluding hydrogens is 344 g/mol. The number of amides is 1. The fraction of sp³-hybridized carbons (Fsp3) is 0.450. The number of methoxy groups -OCH3 is 1. The topological polar surface area (TPSA) is 76.5 Å². The first kappa shape index (κ1) is 18.9. The average Bonchev–Trinajstić information content (AvgIpc) is 2.72. The predicted molar refractivity (Wildman–Crippen MR) is 105 cm³/mol. The Kier molecular flexibility index (Phi) is 6.11. The van der Waals surface area contributed by atoms with Gasteiger partial charge in [0.15, 0.2) is 0 Å². The summed E-state index contributed by atoms with van der Waals surface area (Å²) in [7, 11) is 1.60. The van der Waals surface area contributed by atoms with Crippen LogP contribution in [0.15, 0.2) is 41.2 Å². The summed E-state index contributed by atoms with van der Waals surface area (Å²) >= 11 is 0. The van der Waals surface area contributed by atoms with Gasteiger partial charge in [-0.3, -0.25) is 9.59 Å². The number of anilines is 1. The molecule has 0 saturated carbocycles. The maximum absolute atomic E-state index is 12.3. The van der Waals surface area contributed by atoms with Gasteiger partial charge in [0, 0.05) is 25.7 Å². The van der Waals surface area contributed by atoms with Crippen molar-refractivity contribution in [3.05, 3.63) is 46.8 Å². The van der Waals surface area contributed by atoms with E-state index >= 15 is 0 Å². The van der Waals surface area contributed by atoms with E-state index in [1.54, 1.807) is 37.4 Å². The van der Waals surface area contributed by atoms with E-state index in [2.05, 4.69) is 15.3 Å². The number of nitrogens with zero attached hydrogens (tertiary/aromatic N) is 3. The average molecular weight is 370 g/mol. The Morgan fingerprint density at radius 2 is 2.04 bits per heavy atom. The molecule has 0 spiro atoms. The van der Waals surface area contributed by atoms with Crippen molar-refractivity contribution in [2.45, 2.75) is 26.2 Å². The standard InChI is InChI=1S/C20H26N4O3/c1-3-12-21-20(26)15-5-4-13-23(14-15)18-10-11-19(25)24(22-18)16-6-8-17(27-2)9-7-16/h6-11,15H,3-5,12-14H2,1-2H3,(H,21,26)/t15-/m1/s1. The number of carbonyl (C=O) groups excluding carboxylic acids is 1. The van der Waals surface area contributed by atoms with Gasteiger partial charge in [-0.2, -0.15) is 4.68 Å². The monoisotopic (exact) mass is 370 g/mol. The Morgan fingerprint density at radius 1 is 1.26 bits per heavy atom. The Hall–Kier alpha value is -2.83. The summed E-state index contributed by atoms with van der Waals surface area (Å²) in [5.41, 5.74) is 0.482. The van der Waals surface area contributed by atoms with Crippen LogP contribution in [0.1, 0.15) is 26.2 Å². The number of hydrogen-bond acceptors (Lipinski definition) is 5. The number of hydrogen-bond donors (Lipinski definition) is 1. The number of benzene rings is 1. The number of piperidine rings is 1. The molecule has 0 bridgehead atoms. The first-order chi connectivity index (χ1) is 13.1. The Labute approximate surface area is 158 Å². The summed E-state index contributed by atoms with van der Waals surface area (Å²) < 4.78 is 6.55. The van der Waals surface area contributed by atoms with Gasteiger partial charge in [0.1, 0.15) is 11.6 Å². The van der Waals surface area contributed by atoms with E-state index in [9.17, 15) is 9.59 Å². The Bertz CT molecular complexity index is 832. The van der Waals surface area contributed by atoms with Gasteiger partial charge in [-0.1, -0.05) is 6.92 Å². The van der Waals surface area contributed by atoms with Crippen molar-refractivity contribution >= 4 is 11.7 Å². The molecular formula is C20H26N4O3. The lowest BCUT2D eigenvalue weighted by Gasteiger charge is -2.32. The number of ether oxygens (including phenoxy) is 1. The van der Waals surface area contributed by atoms with Crippen molar-refractivity contribution in [1.29, 1.82) is 0 Å². The van der Waals surface area contributed by atoms with E-state index in [1.165, 1.54) is 10.7 Å². The second kappa shape index (κ2) is 8.70. The molecule has 1 N–H and O–H groups in total. The maximum Gasteiger partial charge on any atom is 0.271 e. The summed E-state index contributed by atoms with van der Waals surface area (Å²) in [6.07, 6.45) is 2.73. The molecule has 0 aliphatic carbocycles. The van der Waals surface area contributed by atoms with Crippen molar-refractivity contribution in [3.8, 4) is 11.4 Å². The number of nitrogens with one attached hydrogen (secondary N) is 1. The third-order valence-electron chi connectivity index (χ3n) is 4.77. The SMILES string of the molecule is CCCNC(=O)[C@@H]1CCCN(c2ccc(=O)n(-c3ccc(OC)cc3)n2)C1. The highest BCUT2D eigenvalue weighted by atomic mass is 16.5.